The molecule has 0 amide bonds. The maximum absolute atomic E-state index is 6.33. The fourth-order valence-corrected chi connectivity index (χ4v) is 4.70. The lowest BCUT2D eigenvalue weighted by Gasteiger charge is -2.23. The third-order valence-electron chi connectivity index (χ3n) is 5.22. The molecular formula is C21H24ClN7O2S. The van der Waals surface area contributed by atoms with Gasteiger partial charge >= 0.3 is 0 Å². The smallest absolute Gasteiger partial charge is 0.153 e. The van der Waals surface area contributed by atoms with Crippen LogP contribution in [0.15, 0.2) is 30.6 Å². The van der Waals surface area contributed by atoms with E-state index in [1.54, 1.807) is 25.6 Å². The van der Waals surface area contributed by atoms with Gasteiger partial charge in [-0.1, -0.05) is 11.6 Å². The van der Waals surface area contributed by atoms with Gasteiger partial charge in [-0.15, -0.1) is 0 Å². The number of H-pyrrole nitrogens is 1. The highest BCUT2D eigenvalue weighted by Crippen LogP contribution is 2.41. The first-order valence-electron chi connectivity index (χ1n) is 10.4. The number of aromatic nitrogens is 4. The lowest BCUT2D eigenvalue weighted by Crippen LogP contribution is -2.36. The molecule has 0 aliphatic carbocycles. The van der Waals surface area contributed by atoms with Crippen LogP contribution < -0.4 is 25.4 Å². The second kappa shape index (κ2) is 9.53. The zero-order valence-electron chi connectivity index (χ0n) is 17.5. The Morgan fingerprint density at radius 2 is 2.03 bits per heavy atom. The van der Waals surface area contributed by atoms with Gasteiger partial charge in [-0.25, -0.2) is 4.98 Å². The van der Waals surface area contributed by atoms with E-state index in [1.165, 1.54) is 0 Å². The summed E-state index contributed by atoms with van der Waals surface area (Å²) in [6.45, 7) is 3.48. The van der Waals surface area contributed by atoms with E-state index in [0.29, 0.717) is 46.1 Å². The number of aromatic amines is 1. The molecule has 0 bridgehead atoms. The summed E-state index contributed by atoms with van der Waals surface area (Å²) in [5.74, 6) is 3.57. The van der Waals surface area contributed by atoms with Crippen molar-refractivity contribution < 1.29 is 9.47 Å². The van der Waals surface area contributed by atoms with Crippen LogP contribution in [0.25, 0.3) is 11.3 Å². The van der Waals surface area contributed by atoms with E-state index >= 15 is 0 Å². The number of benzene rings is 1. The predicted molar refractivity (Wildman–Crippen MR) is 126 cm³/mol. The second-order valence-corrected chi connectivity index (χ2v) is 9.41. The average Bonchev–Trinajstić information content (AvgIpc) is 3.57. The van der Waals surface area contributed by atoms with Crippen molar-refractivity contribution >= 4 is 35.0 Å². The van der Waals surface area contributed by atoms with Crippen molar-refractivity contribution in [2.45, 2.75) is 11.3 Å². The summed E-state index contributed by atoms with van der Waals surface area (Å²) >= 11 is 8.24. The minimum Gasteiger partial charge on any atom is -0.496 e. The van der Waals surface area contributed by atoms with Gasteiger partial charge in [0.25, 0.3) is 0 Å². The number of rotatable bonds is 8. The molecule has 3 aromatic rings. The standard InChI is InChI=1S/C21H24ClN7O2S/c1-30-17-4-12(22)5-18(31-11-13-7-23-2-3-32-13)21(17)14-6-19(29-28-14)27-20-10-25-16(9-26-20)15-8-24-15/h4-6,9-10,13,15,23-24H,2-3,7-8,11H2,1H3,(H2,26,27,28,29)/t13-,15?/m1/s1. The summed E-state index contributed by atoms with van der Waals surface area (Å²) in [5, 5.41) is 18.2. The Balaban J connectivity index is 1.36. The molecule has 2 fully saturated rings. The molecule has 2 saturated heterocycles. The van der Waals surface area contributed by atoms with Crippen LogP contribution in [0.5, 0.6) is 11.5 Å². The Hall–Kier alpha value is -2.53. The molecule has 1 aromatic carbocycles. The number of nitrogens with zero attached hydrogens (tertiary/aromatic N) is 3. The first kappa shape index (κ1) is 21.3. The van der Waals surface area contributed by atoms with Gasteiger partial charge in [-0.05, 0) is 12.1 Å². The SMILES string of the molecule is COc1cc(Cl)cc(OC[C@H]2CNCCS2)c1-c1cc(Nc2cnc(C3CN3)cn2)n[nH]1. The fourth-order valence-electron chi connectivity index (χ4n) is 3.50. The molecule has 0 radical (unpaired) electrons. The van der Waals surface area contributed by atoms with E-state index in [-0.39, 0.29) is 0 Å². The molecule has 9 nitrogen and oxygen atoms in total. The van der Waals surface area contributed by atoms with Gasteiger partial charge < -0.3 is 25.4 Å². The number of methoxy groups -OCH3 is 1. The average molecular weight is 474 g/mol. The van der Waals surface area contributed by atoms with Gasteiger partial charge in [0.1, 0.15) is 23.9 Å². The molecule has 2 aliphatic heterocycles. The fraction of sp³-hybridized carbons (Fsp3) is 0.381. The van der Waals surface area contributed by atoms with E-state index < -0.39 is 0 Å². The third kappa shape index (κ3) is 4.93. The number of halogens is 1. The minimum atomic E-state index is 0.326. The summed E-state index contributed by atoms with van der Waals surface area (Å²) < 4.78 is 11.8. The zero-order valence-corrected chi connectivity index (χ0v) is 19.1. The molecule has 2 aromatic heterocycles. The Bertz CT molecular complexity index is 1070. The lowest BCUT2D eigenvalue weighted by atomic mass is 10.1. The summed E-state index contributed by atoms with van der Waals surface area (Å²) in [6, 6.07) is 5.79. The molecule has 5 rings (SSSR count). The van der Waals surface area contributed by atoms with Gasteiger partial charge in [0.2, 0.25) is 0 Å². The molecule has 32 heavy (non-hydrogen) atoms. The van der Waals surface area contributed by atoms with Crippen molar-refractivity contribution in [3.05, 3.63) is 41.3 Å². The Kier molecular flexibility index (Phi) is 6.35. The van der Waals surface area contributed by atoms with Crippen LogP contribution in [0.2, 0.25) is 5.02 Å². The molecule has 2 aliphatic rings. The maximum atomic E-state index is 6.33. The summed E-state index contributed by atoms with van der Waals surface area (Å²) in [4.78, 5) is 8.85. The Morgan fingerprint density at radius 1 is 1.16 bits per heavy atom. The van der Waals surface area contributed by atoms with Gasteiger partial charge in [0, 0.05) is 36.5 Å². The van der Waals surface area contributed by atoms with Crippen molar-refractivity contribution in [3.63, 3.8) is 0 Å². The lowest BCUT2D eigenvalue weighted by molar-refractivity contribution is 0.311. The highest BCUT2D eigenvalue weighted by Gasteiger charge is 2.24. The second-order valence-electron chi connectivity index (χ2n) is 7.57. The van der Waals surface area contributed by atoms with Gasteiger partial charge in [0.15, 0.2) is 5.82 Å². The quantitative estimate of drug-likeness (QED) is 0.366. The summed E-state index contributed by atoms with van der Waals surface area (Å²) in [7, 11) is 1.61. The van der Waals surface area contributed by atoms with Crippen molar-refractivity contribution in [2.75, 3.05) is 44.4 Å². The monoisotopic (exact) mass is 473 g/mol. The predicted octanol–water partition coefficient (Wildman–Crippen LogP) is 3.00. The Labute approximate surface area is 195 Å². The van der Waals surface area contributed by atoms with E-state index in [2.05, 4.69) is 36.1 Å². The first-order chi connectivity index (χ1) is 15.7. The number of hydrogen-bond acceptors (Lipinski definition) is 9. The number of thioether (sulfide) groups is 1. The molecule has 168 valence electrons. The van der Waals surface area contributed by atoms with Crippen molar-refractivity contribution in [2.24, 2.45) is 0 Å². The van der Waals surface area contributed by atoms with E-state index in [4.69, 9.17) is 21.1 Å². The van der Waals surface area contributed by atoms with Gasteiger partial charge in [0.05, 0.1) is 47.7 Å². The number of hydrogen-bond donors (Lipinski definition) is 4. The zero-order chi connectivity index (χ0) is 21.9. The Morgan fingerprint density at radius 3 is 2.75 bits per heavy atom. The normalized spacial score (nSPS) is 20.1. The van der Waals surface area contributed by atoms with Crippen LogP contribution in [-0.2, 0) is 0 Å². The van der Waals surface area contributed by atoms with Crippen LogP contribution >= 0.6 is 23.4 Å². The molecule has 11 heteroatoms. The minimum absolute atomic E-state index is 0.326. The number of anilines is 2. The van der Waals surface area contributed by atoms with E-state index in [9.17, 15) is 0 Å². The van der Waals surface area contributed by atoms with Crippen LogP contribution in [0.3, 0.4) is 0 Å². The highest BCUT2D eigenvalue weighted by atomic mass is 35.5. The molecule has 0 saturated carbocycles. The van der Waals surface area contributed by atoms with Gasteiger partial charge in [-0.2, -0.15) is 16.9 Å². The summed E-state index contributed by atoms with van der Waals surface area (Å²) in [5.41, 5.74) is 2.46. The van der Waals surface area contributed by atoms with Crippen molar-refractivity contribution in [1.29, 1.82) is 0 Å². The number of ether oxygens (including phenoxy) is 2. The third-order valence-corrected chi connectivity index (χ3v) is 6.65. The van der Waals surface area contributed by atoms with E-state index in [0.717, 1.165) is 42.3 Å². The highest BCUT2D eigenvalue weighted by molar-refractivity contribution is 8.00. The van der Waals surface area contributed by atoms with Gasteiger partial charge in [-0.3, -0.25) is 10.1 Å². The van der Waals surface area contributed by atoms with Crippen molar-refractivity contribution in [3.8, 4) is 22.8 Å². The first-order valence-corrected chi connectivity index (χ1v) is 11.8. The molecule has 0 spiro atoms. The van der Waals surface area contributed by atoms with Crippen LogP contribution in [0.4, 0.5) is 11.6 Å². The van der Waals surface area contributed by atoms with Crippen molar-refractivity contribution in [1.82, 2.24) is 30.8 Å². The van der Waals surface area contributed by atoms with Crippen LogP contribution in [0.1, 0.15) is 11.7 Å². The van der Waals surface area contributed by atoms with E-state index in [1.807, 2.05) is 23.9 Å². The maximum Gasteiger partial charge on any atom is 0.153 e. The summed E-state index contributed by atoms with van der Waals surface area (Å²) in [6.07, 6.45) is 3.48. The molecule has 4 heterocycles. The largest absolute Gasteiger partial charge is 0.496 e. The van der Waals surface area contributed by atoms with Crippen LogP contribution in [0, 0.1) is 0 Å². The topological polar surface area (TPSA) is 119 Å². The molecule has 1 unspecified atom stereocenters. The molecule has 4 N–H and O–H groups in total. The van der Waals surface area contributed by atoms with Crippen LogP contribution in [-0.4, -0.2) is 64.5 Å². The molecular weight excluding hydrogens is 450 g/mol. The number of nitrogens with one attached hydrogen (secondary N) is 4. The molecule has 2 atom stereocenters.